The van der Waals surface area contributed by atoms with E-state index in [1.807, 2.05) is 84.9 Å². The minimum Gasteiger partial charge on any atom is -0.456 e. The molecule has 6 heteroatoms. The molecule has 0 amide bonds. The average molecular weight is 655 g/mol. The summed E-state index contributed by atoms with van der Waals surface area (Å²) in [6.45, 7) is 0. The van der Waals surface area contributed by atoms with Crippen LogP contribution >= 0.6 is 0 Å². The van der Waals surface area contributed by atoms with Gasteiger partial charge in [0.15, 0.2) is 17.5 Å². The number of benzene rings is 7. The molecule has 0 aliphatic carbocycles. The van der Waals surface area contributed by atoms with E-state index in [9.17, 15) is 0 Å². The summed E-state index contributed by atoms with van der Waals surface area (Å²) in [6.07, 6.45) is 0. The topological polar surface area (TPSA) is 69.9 Å². The lowest BCUT2D eigenvalue weighted by Gasteiger charge is -2.10. The quantitative estimate of drug-likeness (QED) is 0.189. The van der Waals surface area contributed by atoms with Crippen LogP contribution in [0.5, 0.6) is 0 Å². The number of rotatable bonds is 4. The molecule has 4 aromatic heterocycles. The molecule has 6 nitrogen and oxygen atoms in total. The molecule has 0 aliphatic rings. The van der Waals surface area contributed by atoms with Crippen LogP contribution < -0.4 is 0 Å². The van der Waals surface area contributed by atoms with E-state index in [1.165, 1.54) is 10.8 Å². The fraction of sp³-hybridized carbons (Fsp3) is 0. The monoisotopic (exact) mass is 654 g/mol. The second kappa shape index (κ2) is 10.7. The van der Waals surface area contributed by atoms with Crippen molar-refractivity contribution in [2.75, 3.05) is 0 Å². The predicted molar refractivity (Wildman–Crippen MR) is 205 cm³/mol. The Labute approximate surface area is 290 Å². The summed E-state index contributed by atoms with van der Waals surface area (Å²) in [5, 5.41) is 6.44. The number of furan rings is 2. The van der Waals surface area contributed by atoms with Crippen LogP contribution in [0.4, 0.5) is 0 Å². The molecule has 11 aromatic rings. The molecule has 7 aromatic carbocycles. The first-order chi connectivity index (χ1) is 25.3. The number of nitrogens with zero attached hydrogens (tertiary/aromatic N) is 4. The minimum absolute atomic E-state index is 0.548. The van der Waals surface area contributed by atoms with E-state index < -0.39 is 0 Å². The van der Waals surface area contributed by atoms with Crippen molar-refractivity contribution in [3.05, 3.63) is 158 Å². The molecule has 0 unspecified atom stereocenters. The Morgan fingerprint density at radius 3 is 1.57 bits per heavy atom. The summed E-state index contributed by atoms with van der Waals surface area (Å²) in [5.74, 6) is 1.75. The van der Waals surface area contributed by atoms with E-state index in [4.69, 9.17) is 23.8 Å². The lowest BCUT2D eigenvalue weighted by Crippen LogP contribution is -2.00. The fourth-order valence-corrected chi connectivity index (χ4v) is 7.65. The van der Waals surface area contributed by atoms with E-state index in [1.54, 1.807) is 0 Å². The molecule has 0 radical (unpaired) electrons. The van der Waals surface area contributed by atoms with Crippen LogP contribution in [-0.4, -0.2) is 19.5 Å². The maximum atomic E-state index is 6.78. The van der Waals surface area contributed by atoms with E-state index in [0.29, 0.717) is 23.1 Å². The third-order valence-electron chi connectivity index (χ3n) is 9.86. The Kier molecular flexibility index (Phi) is 5.86. The third kappa shape index (κ3) is 4.14. The summed E-state index contributed by atoms with van der Waals surface area (Å²) in [4.78, 5) is 14.9. The predicted octanol–water partition coefficient (Wildman–Crippen LogP) is 11.8. The molecule has 0 spiro atoms. The molecule has 0 saturated carbocycles. The van der Waals surface area contributed by atoms with Gasteiger partial charge in [0, 0.05) is 38.1 Å². The van der Waals surface area contributed by atoms with Gasteiger partial charge >= 0.3 is 0 Å². The van der Waals surface area contributed by atoms with Gasteiger partial charge in [-0.1, -0.05) is 115 Å². The SMILES string of the molecule is c1ccc(-c2nc(-c3ccccc3)nc(-c3cccc4c3oc3ccc5oc6cccc(-n7c8ccccc8c8ccccc87)c6c5c34)n2)cc1. The van der Waals surface area contributed by atoms with Crippen molar-refractivity contribution in [3.63, 3.8) is 0 Å². The molecule has 51 heavy (non-hydrogen) atoms. The normalized spacial score (nSPS) is 11.9. The second-order valence-corrected chi connectivity index (χ2v) is 12.8. The smallest absolute Gasteiger partial charge is 0.167 e. The van der Waals surface area contributed by atoms with Crippen LogP contribution in [0.2, 0.25) is 0 Å². The molecule has 4 heterocycles. The Balaban J connectivity index is 1.21. The molecule has 0 atom stereocenters. The molecule has 0 bridgehead atoms. The lowest BCUT2D eigenvalue weighted by molar-refractivity contribution is 0.663. The summed E-state index contributed by atoms with van der Waals surface area (Å²) in [5.41, 5.74) is 9.08. The highest BCUT2D eigenvalue weighted by molar-refractivity contribution is 6.28. The summed E-state index contributed by atoms with van der Waals surface area (Å²) in [6, 6.07) is 53.7. The van der Waals surface area contributed by atoms with Crippen molar-refractivity contribution < 1.29 is 8.83 Å². The largest absolute Gasteiger partial charge is 0.456 e. The van der Waals surface area contributed by atoms with Crippen LogP contribution in [0, 0.1) is 0 Å². The molecular weight excluding hydrogens is 629 g/mol. The molecule has 0 N–H and O–H groups in total. The first-order valence-electron chi connectivity index (χ1n) is 17.0. The molecule has 11 rings (SSSR count). The summed E-state index contributed by atoms with van der Waals surface area (Å²) in [7, 11) is 0. The standard InChI is InChI=1S/C45H26N4O2/c1-3-13-27(14-4-1)43-46-44(28-15-5-2-6-16-28)48-45(47-43)32-20-11-19-31-39-37(51-42(31)32)25-26-38-41(39)40-35(23-12-24-36(40)50-38)49-33-21-9-7-17-29(33)30-18-8-10-22-34(30)49/h1-26H. The zero-order valence-corrected chi connectivity index (χ0v) is 27.1. The third-order valence-corrected chi connectivity index (χ3v) is 9.86. The van der Waals surface area contributed by atoms with Crippen molar-refractivity contribution in [2.24, 2.45) is 0 Å². The van der Waals surface area contributed by atoms with Crippen LogP contribution in [0.1, 0.15) is 0 Å². The second-order valence-electron chi connectivity index (χ2n) is 12.8. The number of para-hydroxylation sites is 3. The Hall–Kier alpha value is -7.05. The van der Waals surface area contributed by atoms with Gasteiger partial charge in [-0.25, -0.2) is 15.0 Å². The molecule has 238 valence electrons. The summed E-state index contributed by atoms with van der Waals surface area (Å²) >= 11 is 0. The van der Waals surface area contributed by atoms with E-state index >= 15 is 0 Å². The van der Waals surface area contributed by atoms with Crippen LogP contribution in [0.3, 0.4) is 0 Å². The zero-order chi connectivity index (χ0) is 33.5. The molecular formula is C45H26N4O2. The molecule has 0 fully saturated rings. The number of hydrogen-bond donors (Lipinski definition) is 0. The van der Waals surface area contributed by atoms with E-state index in [0.717, 1.165) is 71.7 Å². The first kappa shape index (κ1) is 27.9. The fourth-order valence-electron chi connectivity index (χ4n) is 7.65. The Morgan fingerprint density at radius 1 is 0.373 bits per heavy atom. The molecule has 0 saturated heterocycles. The zero-order valence-electron chi connectivity index (χ0n) is 27.1. The van der Waals surface area contributed by atoms with E-state index in [-0.39, 0.29) is 0 Å². The number of hydrogen-bond acceptors (Lipinski definition) is 5. The average Bonchev–Trinajstić information content (AvgIpc) is 3.88. The van der Waals surface area contributed by atoms with Gasteiger partial charge < -0.3 is 13.4 Å². The van der Waals surface area contributed by atoms with Gasteiger partial charge in [0.05, 0.1) is 27.7 Å². The van der Waals surface area contributed by atoms with Crippen molar-refractivity contribution in [1.29, 1.82) is 0 Å². The van der Waals surface area contributed by atoms with E-state index in [2.05, 4.69) is 77.4 Å². The molecule has 0 aliphatic heterocycles. The van der Waals surface area contributed by atoms with Gasteiger partial charge in [0.1, 0.15) is 22.3 Å². The van der Waals surface area contributed by atoms with Gasteiger partial charge in [-0.2, -0.15) is 0 Å². The van der Waals surface area contributed by atoms with Crippen molar-refractivity contribution in [2.45, 2.75) is 0 Å². The summed E-state index contributed by atoms with van der Waals surface area (Å²) < 4.78 is 15.7. The van der Waals surface area contributed by atoms with Gasteiger partial charge in [0.25, 0.3) is 0 Å². The maximum Gasteiger partial charge on any atom is 0.167 e. The highest BCUT2D eigenvalue weighted by atomic mass is 16.3. The van der Waals surface area contributed by atoms with Crippen LogP contribution in [0.15, 0.2) is 167 Å². The van der Waals surface area contributed by atoms with Gasteiger partial charge in [0.2, 0.25) is 0 Å². The van der Waals surface area contributed by atoms with Gasteiger partial charge in [-0.15, -0.1) is 0 Å². The highest BCUT2D eigenvalue weighted by Gasteiger charge is 2.23. The van der Waals surface area contributed by atoms with Crippen LogP contribution in [0.25, 0.3) is 106 Å². The number of fused-ring (bicyclic) bond motifs is 10. The maximum absolute atomic E-state index is 6.78. The number of aromatic nitrogens is 4. The Morgan fingerprint density at radius 2 is 0.902 bits per heavy atom. The van der Waals surface area contributed by atoms with Crippen molar-refractivity contribution in [1.82, 2.24) is 19.5 Å². The Bertz CT molecular complexity index is 3030. The minimum atomic E-state index is 0.548. The van der Waals surface area contributed by atoms with Crippen LogP contribution in [-0.2, 0) is 0 Å². The first-order valence-corrected chi connectivity index (χ1v) is 17.0. The van der Waals surface area contributed by atoms with Gasteiger partial charge in [-0.05, 0) is 42.5 Å². The highest BCUT2D eigenvalue weighted by Crippen LogP contribution is 2.45. The van der Waals surface area contributed by atoms with Crippen molar-refractivity contribution in [3.8, 4) is 39.9 Å². The van der Waals surface area contributed by atoms with Crippen molar-refractivity contribution >= 4 is 65.7 Å². The van der Waals surface area contributed by atoms with Gasteiger partial charge in [-0.3, -0.25) is 0 Å². The lowest BCUT2D eigenvalue weighted by atomic mass is 10.0.